The van der Waals surface area contributed by atoms with Crippen molar-refractivity contribution >= 4 is 11.6 Å². The van der Waals surface area contributed by atoms with Gasteiger partial charge < -0.3 is 15.4 Å². The Morgan fingerprint density at radius 3 is 2.70 bits per heavy atom. The van der Waals surface area contributed by atoms with E-state index in [0.717, 1.165) is 29.8 Å². The molecule has 2 atom stereocenters. The zero-order chi connectivity index (χ0) is 14.7. The Bertz CT molecular complexity index is 485. The van der Waals surface area contributed by atoms with Crippen LogP contribution in [0.15, 0.2) is 18.2 Å². The van der Waals surface area contributed by atoms with Crippen molar-refractivity contribution in [3.8, 4) is 0 Å². The highest BCUT2D eigenvalue weighted by Gasteiger charge is 2.24. The minimum absolute atomic E-state index is 0.0124. The van der Waals surface area contributed by atoms with Gasteiger partial charge in [-0.3, -0.25) is 4.79 Å². The van der Waals surface area contributed by atoms with E-state index in [1.54, 1.807) is 0 Å². The van der Waals surface area contributed by atoms with Crippen LogP contribution in [-0.4, -0.2) is 30.7 Å². The summed E-state index contributed by atoms with van der Waals surface area (Å²) in [7, 11) is 0. The van der Waals surface area contributed by atoms with Crippen LogP contribution < -0.4 is 10.6 Å². The van der Waals surface area contributed by atoms with Crippen LogP contribution in [-0.2, 0) is 4.74 Å². The van der Waals surface area contributed by atoms with Crippen LogP contribution in [0.2, 0.25) is 0 Å². The lowest BCUT2D eigenvalue weighted by Gasteiger charge is -2.18. The second-order valence-electron chi connectivity index (χ2n) is 5.77. The first kappa shape index (κ1) is 14.9. The Labute approximate surface area is 120 Å². The molecule has 1 aliphatic rings. The molecule has 2 unspecified atom stereocenters. The summed E-state index contributed by atoms with van der Waals surface area (Å²) in [5, 5.41) is 6.40. The molecule has 1 aromatic carbocycles. The summed E-state index contributed by atoms with van der Waals surface area (Å²) in [6, 6.07) is 6.38. The first-order chi connectivity index (χ1) is 9.47. The fourth-order valence-corrected chi connectivity index (χ4v) is 2.48. The summed E-state index contributed by atoms with van der Waals surface area (Å²) in [6.45, 7) is 8.79. The molecule has 0 spiro atoms. The molecule has 2 N–H and O–H groups in total. The van der Waals surface area contributed by atoms with Crippen molar-refractivity contribution in [3.63, 3.8) is 0 Å². The average Bonchev–Trinajstić information content (AvgIpc) is 2.74. The van der Waals surface area contributed by atoms with Crippen molar-refractivity contribution in [3.05, 3.63) is 29.3 Å². The Morgan fingerprint density at radius 2 is 2.15 bits per heavy atom. The van der Waals surface area contributed by atoms with E-state index >= 15 is 0 Å². The first-order valence-corrected chi connectivity index (χ1v) is 7.27. The van der Waals surface area contributed by atoms with Gasteiger partial charge in [0.15, 0.2) is 0 Å². The molecule has 2 rings (SSSR count). The molecular weight excluding hydrogens is 252 g/mol. The fraction of sp³-hybridized carbons (Fsp3) is 0.562. The van der Waals surface area contributed by atoms with Crippen molar-refractivity contribution in [1.29, 1.82) is 0 Å². The second kappa shape index (κ2) is 6.27. The molecule has 0 radical (unpaired) electrons. The maximum Gasteiger partial charge on any atom is 0.251 e. The van der Waals surface area contributed by atoms with E-state index < -0.39 is 0 Å². The van der Waals surface area contributed by atoms with Crippen molar-refractivity contribution < 1.29 is 9.53 Å². The van der Waals surface area contributed by atoms with Gasteiger partial charge in [-0.1, -0.05) is 0 Å². The number of amides is 1. The average molecular weight is 276 g/mol. The van der Waals surface area contributed by atoms with Crippen molar-refractivity contribution in [2.24, 2.45) is 0 Å². The van der Waals surface area contributed by atoms with Crippen molar-refractivity contribution in [1.82, 2.24) is 5.32 Å². The minimum Gasteiger partial charge on any atom is -0.380 e. The number of aryl methyl sites for hydroxylation is 1. The minimum atomic E-state index is -0.0124. The molecule has 1 saturated heterocycles. The largest absolute Gasteiger partial charge is 0.380 e. The van der Waals surface area contributed by atoms with E-state index in [-0.39, 0.29) is 18.1 Å². The zero-order valence-corrected chi connectivity index (χ0v) is 12.7. The van der Waals surface area contributed by atoms with Crippen LogP contribution in [0.25, 0.3) is 0 Å². The third-order valence-electron chi connectivity index (χ3n) is 3.62. The molecule has 1 aromatic rings. The van der Waals surface area contributed by atoms with Crippen LogP contribution in [0.4, 0.5) is 5.69 Å². The molecule has 0 saturated carbocycles. The van der Waals surface area contributed by atoms with E-state index in [2.05, 4.69) is 17.6 Å². The molecule has 1 amide bonds. The monoisotopic (exact) mass is 276 g/mol. The Kier molecular flexibility index (Phi) is 4.65. The van der Waals surface area contributed by atoms with Gasteiger partial charge >= 0.3 is 0 Å². The molecule has 0 aromatic heterocycles. The van der Waals surface area contributed by atoms with Gasteiger partial charge in [0.1, 0.15) is 0 Å². The molecule has 20 heavy (non-hydrogen) atoms. The van der Waals surface area contributed by atoms with Crippen molar-refractivity contribution in [2.45, 2.75) is 52.3 Å². The number of anilines is 1. The summed E-state index contributed by atoms with van der Waals surface area (Å²) in [5.41, 5.74) is 2.77. The smallest absolute Gasteiger partial charge is 0.251 e. The zero-order valence-electron chi connectivity index (χ0n) is 12.7. The standard InChI is InChI=1S/C16H24N2O2/c1-10(2)17-16(19)14-6-5-13(9-11(14)3)18-15-7-8-20-12(15)4/h5-6,9-10,12,15,18H,7-8H2,1-4H3,(H,17,19). The SMILES string of the molecule is Cc1cc(NC2CCOC2C)ccc1C(=O)NC(C)C. The van der Waals surface area contributed by atoms with Crippen LogP contribution >= 0.6 is 0 Å². The number of hydrogen-bond acceptors (Lipinski definition) is 3. The number of ether oxygens (including phenoxy) is 1. The molecule has 110 valence electrons. The van der Waals surface area contributed by atoms with E-state index in [4.69, 9.17) is 4.74 Å². The Morgan fingerprint density at radius 1 is 1.40 bits per heavy atom. The Hall–Kier alpha value is -1.55. The molecule has 0 bridgehead atoms. The lowest BCUT2D eigenvalue weighted by atomic mass is 10.1. The van der Waals surface area contributed by atoms with Gasteiger partial charge in [-0.25, -0.2) is 0 Å². The van der Waals surface area contributed by atoms with Gasteiger partial charge in [0.2, 0.25) is 0 Å². The number of rotatable bonds is 4. The maximum absolute atomic E-state index is 12.0. The fourth-order valence-electron chi connectivity index (χ4n) is 2.48. The summed E-state index contributed by atoms with van der Waals surface area (Å²) in [6.07, 6.45) is 1.26. The number of carbonyl (C=O) groups excluding carboxylic acids is 1. The molecule has 1 heterocycles. The maximum atomic E-state index is 12.0. The van der Waals surface area contributed by atoms with Crippen LogP contribution in [0.3, 0.4) is 0 Å². The quantitative estimate of drug-likeness (QED) is 0.889. The highest BCUT2D eigenvalue weighted by Crippen LogP contribution is 2.21. The number of nitrogens with one attached hydrogen (secondary N) is 2. The second-order valence-corrected chi connectivity index (χ2v) is 5.77. The van der Waals surface area contributed by atoms with Crippen LogP contribution in [0.1, 0.15) is 43.1 Å². The van der Waals surface area contributed by atoms with Gasteiger partial charge in [-0.15, -0.1) is 0 Å². The lowest BCUT2D eigenvalue weighted by Crippen LogP contribution is -2.30. The van der Waals surface area contributed by atoms with E-state index in [1.807, 2.05) is 39.0 Å². The number of carbonyl (C=O) groups is 1. The number of hydrogen-bond donors (Lipinski definition) is 2. The third kappa shape index (κ3) is 3.51. The van der Waals surface area contributed by atoms with Crippen LogP contribution in [0.5, 0.6) is 0 Å². The third-order valence-corrected chi connectivity index (χ3v) is 3.62. The van der Waals surface area contributed by atoms with Gasteiger partial charge in [-0.2, -0.15) is 0 Å². The molecule has 0 aliphatic carbocycles. The Balaban J connectivity index is 2.07. The summed E-state index contributed by atoms with van der Waals surface area (Å²) in [4.78, 5) is 12.0. The molecule has 4 heteroatoms. The highest BCUT2D eigenvalue weighted by atomic mass is 16.5. The highest BCUT2D eigenvalue weighted by molar-refractivity contribution is 5.96. The first-order valence-electron chi connectivity index (χ1n) is 7.27. The topological polar surface area (TPSA) is 50.4 Å². The van der Waals surface area contributed by atoms with E-state index in [1.165, 1.54) is 0 Å². The van der Waals surface area contributed by atoms with Gasteiger partial charge in [0.05, 0.1) is 12.1 Å². The summed E-state index contributed by atoms with van der Waals surface area (Å²) in [5.74, 6) is -0.0124. The van der Waals surface area contributed by atoms with E-state index in [9.17, 15) is 4.79 Å². The summed E-state index contributed by atoms with van der Waals surface area (Å²) >= 11 is 0. The van der Waals surface area contributed by atoms with Gasteiger partial charge in [-0.05, 0) is 57.9 Å². The van der Waals surface area contributed by atoms with Gasteiger partial charge in [0.25, 0.3) is 5.91 Å². The molecule has 4 nitrogen and oxygen atoms in total. The molecule has 1 aliphatic heterocycles. The van der Waals surface area contributed by atoms with Crippen LogP contribution in [0, 0.1) is 6.92 Å². The summed E-state index contributed by atoms with van der Waals surface area (Å²) < 4.78 is 5.55. The predicted octanol–water partition coefficient (Wildman–Crippen LogP) is 2.72. The van der Waals surface area contributed by atoms with E-state index in [0.29, 0.717) is 6.04 Å². The number of benzene rings is 1. The predicted molar refractivity (Wildman–Crippen MR) is 81.2 cm³/mol. The molecular formula is C16H24N2O2. The van der Waals surface area contributed by atoms with Crippen molar-refractivity contribution in [2.75, 3.05) is 11.9 Å². The van der Waals surface area contributed by atoms with Gasteiger partial charge in [0, 0.05) is 23.9 Å². The molecule has 1 fully saturated rings. The lowest BCUT2D eigenvalue weighted by molar-refractivity contribution is 0.0942. The normalized spacial score (nSPS) is 22.1.